The van der Waals surface area contributed by atoms with Crippen LogP contribution < -0.4 is 5.32 Å². The average molecular weight is 1190 g/mol. The first-order valence-electron chi connectivity index (χ1n) is 33.8. The maximum atomic E-state index is 13.3. The van der Waals surface area contributed by atoms with Crippen molar-refractivity contribution >= 4 is 5.91 Å². The molecule has 2 aliphatic rings. The molecular formula is C70H123NO13. The zero-order valence-electron chi connectivity index (χ0n) is 52.6. The summed E-state index contributed by atoms with van der Waals surface area (Å²) >= 11 is 0. The summed E-state index contributed by atoms with van der Waals surface area (Å²) in [5.74, 6) is -0.249. The highest BCUT2D eigenvalue weighted by Gasteiger charge is 2.51. The van der Waals surface area contributed by atoms with Gasteiger partial charge >= 0.3 is 0 Å². The Hall–Kier alpha value is -2.83. The zero-order valence-corrected chi connectivity index (χ0v) is 52.6. The molecule has 12 atom stereocenters. The van der Waals surface area contributed by atoms with Crippen molar-refractivity contribution in [2.75, 3.05) is 19.8 Å². The molecule has 0 aliphatic carbocycles. The minimum Gasteiger partial charge on any atom is -0.394 e. The zero-order chi connectivity index (χ0) is 60.9. The molecule has 14 heteroatoms. The number of aliphatic hydroxyl groups excluding tert-OH is 8. The Morgan fingerprint density at radius 1 is 0.440 bits per heavy atom. The Morgan fingerprint density at radius 2 is 0.821 bits per heavy atom. The summed E-state index contributed by atoms with van der Waals surface area (Å²) < 4.78 is 22.8. The van der Waals surface area contributed by atoms with E-state index in [9.17, 15) is 45.6 Å². The third-order valence-electron chi connectivity index (χ3n) is 16.1. The number of amides is 1. The first-order valence-corrected chi connectivity index (χ1v) is 33.8. The van der Waals surface area contributed by atoms with Gasteiger partial charge in [0.15, 0.2) is 12.6 Å². The largest absolute Gasteiger partial charge is 0.394 e. The van der Waals surface area contributed by atoms with E-state index in [0.29, 0.717) is 6.42 Å². The average Bonchev–Trinajstić information content (AvgIpc) is 3.62. The number of carbonyl (C=O) groups is 1. The smallest absolute Gasteiger partial charge is 0.220 e. The van der Waals surface area contributed by atoms with Crippen molar-refractivity contribution in [3.63, 3.8) is 0 Å². The van der Waals surface area contributed by atoms with Crippen LogP contribution >= 0.6 is 0 Å². The topological polar surface area (TPSA) is 228 Å². The van der Waals surface area contributed by atoms with E-state index in [-0.39, 0.29) is 18.9 Å². The number of rotatable bonds is 54. The monoisotopic (exact) mass is 1190 g/mol. The molecule has 0 radical (unpaired) electrons. The second kappa shape index (κ2) is 54.3. The van der Waals surface area contributed by atoms with Crippen LogP contribution in [0.15, 0.2) is 85.1 Å². The third-order valence-corrected chi connectivity index (χ3v) is 16.1. The van der Waals surface area contributed by atoms with E-state index in [2.05, 4.69) is 92.1 Å². The molecule has 9 N–H and O–H groups in total. The van der Waals surface area contributed by atoms with Crippen molar-refractivity contribution in [2.24, 2.45) is 0 Å². The van der Waals surface area contributed by atoms with Crippen LogP contribution in [0.1, 0.15) is 258 Å². The van der Waals surface area contributed by atoms with Gasteiger partial charge in [-0.3, -0.25) is 4.79 Å². The van der Waals surface area contributed by atoms with Crippen molar-refractivity contribution < 1.29 is 64.6 Å². The first-order chi connectivity index (χ1) is 41.1. The lowest BCUT2D eigenvalue weighted by atomic mass is 9.97. The van der Waals surface area contributed by atoms with Crippen LogP contribution in [0, 0.1) is 0 Å². The molecule has 84 heavy (non-hydrogen) atoms. The van der Waals surface area contributed by atoms with E-state index in [1.807, 2.05) is 6.08 Å². The predicted octanol–water partition coefficient (Wildman–Crippen LogP) is 13.2. The highest BCUT2D eigenvalue weighted by Crippen LogP contribution is 2.30. The predicted molar refractivity (Wildman–Crippen MR) is 341 cm³/mol. The van der Waals surface area contributed by atoms with E-state index in [0.717, 1.165) is 89.9 Å². The summed E-state index contributed by atoms with van der Waals surface area (Å²) in [6, 6.07) is -0.926. The minimum absolute atomic E-state index is 0.249. The molecule has 0 spiro atoms. The molecule has 0 aromatic heterocycles. The standard InChI is InChI=1S/C70H123NO13/c1-3-5-7-9-11-13-15-17-19-21-23-25-27-28-29-30-32-34-36-38-40-42-44-46-48-50-52-54-62(75)71-58(57-81-69-67(80)65(78)68(61(56-73)83-69)84-70-66(79)64(77)63(76)60(55-72)82-70)59(74)53-51-49-47-45-43-41-39-37-35-33-31-26-24-22-20-18-16-14-12-10-8-6-4-2/h5,7,11,13,17,19,23,25,28-29,32,34,51,53,58-61,63-70,72-74,76-80H,3-4,6,8-10,12,14-16,18,20-22,24,26-27,30-31,33,35-50,52,54-57H2,1-2H3,(H,71,75)/b7-5-,13-11-,19-17-,25-23-,29-28-,34-32-,53-51+. The van der Waals surface area contributed by atoms with Crippen molar-refractivity contribution in [2.45, 2.75) is 331 Å². The molecule has 2 fully saturated rings. The molecular weight excluding hydrogens is 1060 g/mol. The number of unbranched alkanes of at least 4 members (excludes halogenated alkanes) is 29. The van der Waals surface area contributed by atoms with Crippen LogP contribution in [0.5, 0.6) is 0 Å². The number of hydrogen-bond donors (Lipinski definition) is 9. The van der Waals surface area contributed by atoms with Crippen molar-refractivity contribution in [1.82, 2.24) is 5.32 Å². The van der Waals surface area contributed by atoms with Gasteiger partial charge in [0.25, 0.3) is 0 Å². The third kappa shape index (κ3) is 38.4. The van der Waals surface area contributed by atoms with Gasteiger partial charge in [0.2, 0.25) is 5.91 Å². The molecule has 2 saturated heterocycles. The van der Waals surface area contributed by atoms with Crippen molar-refractivity contribution in [3.8, 4) is 0 Å². The number of ether oxygens (including phenoxy) is 4. The van der Waals surface area contributed by atoms with Gasteiger partial charge in [-0.25, -0.2) is 0 Å². The Labute approximate surface area is 510 Å². The molecule has 1 amide bonds. The van der Waals surface area contributed by atoms with Gasteiger partial charge in [-0.05, 0) is 70.6 Å². The lowest BCUT2D eigenvalue weighted by Crippen LogP contribution is -2.65. The summed E-state index contributed by atoms with van der Waals surface area (Å²) in [5.41, 5.74) is 0. The van der Waals surface area contributed by atoms with Crippen LogP contribution in [0.25, 0.3) is 0 Å². The molecule has 2 rings (SSSR count). The Balaban J connectivity index is 1.72. The number of carbonyl (C=O) groups excluding carboxylic acids is 1. The molecule has 2 aliphatic heterocycles. The number of aliphatic hydroxyl groups is 8. The van der Waals surface area contributed by atoms with E-state index in [1.54, 1.807) is 6.08 Å². The van der Waals surface area contributed by atoms with Gasteiger partial charge in [0, 0.05) is 6.42 Å². The summed E-state index contributed by atoms with van der Waals surface area (Å²) in [7, 11) is 0. The number of hydrogen-bond acceptors (Lipinski definition) is 13. The second-order valence-corrected chi connectivity index (χ2v) is 23.6. The van der Waals surface area contributed by atoms with E-state index in [4.69, 9.17) is 18.9 Å². The van der Waals surface area contributed by atoms with Gasteiger partial charge in [-0.1, -0.05) is 266 Å². The summed E-state index contributed by atoms with van der Waals surface area (Å²) in [4.78, 5) is 13.3. The lowest BCUT2D eigenvalue weighted by Gasteiger charge is -2.46. The van der Waals surface area contributed by atoms with Gasteiger partial charge in [-0.2, -0.15) is 0 Å². The molecule has 0 bridgehead atoms. The maximum absolute atomic E-state index is 13.3. The molecule has 0 aromatic rings. The molecule has 0 saturated carbocycles. The van der Waals surface area contributed by atoms with Crippen molar-refractivity contribution in [1.29, 1.82) is 0 Å². The van der Waals surface area contributed by atoms with Gasteiger partial charge in [0.1, 0.15) is 48.8 Å². The fourth-order valence-electron chi connectivity index (χ4n) is 10.7. The highest BCUT2D eigenvalue weighted by molar-refractivity contribution is 5.76. The van der Waals surface area contributed by atoms with Gasteiger partial charge in [0.05, 0.1) is 32.0 Å². The second-order valence-electron chi connectivity index (χ2n) is 23.6. The maximum Gasteiger partial charge on any atom is 0.220 e. The summed E-state index contributed by atoms with van der Waals surface area (Å²) in [6.07, 6.45) is 57.6. The summed E-state index contributed by atoms with van der Waals surface area (Å²) in [5, 5.41) is 87.4. The minimum atomic E-state index is -1.79. The van der Waals surface area contributed by atoms with E-state index in [1.165, 1.54) is 141 Å². The summed E-state index contributed by atoms with van der Waals surface area (Å²) in [6.45, 7) is 2.70. The van der Waals surface area contributed by atoms with Crippen molar-refractivity contribution in [3.05, 3.63) is 85.1 Å². The lowest BCUT2D eigenvalue weighted by molar-refractivity contribution is -0.359. The Morgan fingerprint density at radius 3 is 1.26 bits per heavy atom. The van der Waals surface area contributed by atoms with Crippen LogP contribution in [0.4, 0.5) is 0 Å². The van der Waals surface area contributed by atoms with Crippen LogP contribution in [-0.4, -0.2) is 140 Å². The fraction of sp³-hybridized carbons (Fsp3) is 0.786. The molecule has 486 valence electrons. The molecule has 0 aromatic carbocycles. The normalized spacial score (nSPS) is 24.2. The highest BCUT2D eigenvalue weighted by atomic mass is 16.7. The molecule has 2 heterocycles. The Kier molecular flexibility index (Phi) is 50.0. The number of nitrogens with one attached hydrogen (secondary N) is 1. The van der Waals surface area contributed by atoms with E-state index < -0.39 is 86.8 Å². The van der Waals surface area contributed by atoms with Crippen LogP contribution in [0.3, 0.4) is 0 Å². The molecule has 12 unspecified atom stereocenters. The fourth-order valence-corrected chi connectivity index (χ4v) is 10.7. The van der Waals surface area contributed by atoms with Gasteiger partial charge in [-0.15, -0.1) is 0 Å². The number of allylic oxidation sites excluding steroid dienone is 13. The van der Waals surface area contributed by atoms with Gasteiger partial charge < -0.3 is 65.1 Å². The SMILES string of the molecule is CC/C=C\C/C=C\C/C=C\C/C=C\C/C=C\C/C=C\CCCCCCCCCCC(=O)NC(COC1OC(CO)C(OC2OC(CO)C(O)C(O)C2O)C(O)C1O)C(O)/C=C/CCCCCCCCCCCCCCCCCCCCCCC. The quantitative estimate of drug-likeness (QED) is 0.0204. The Bertz CT molecular complexity index is 1730. The van der Waals surface area contributed by atoms with Crippen LogP contribution in [-0.2, 0) is 23.7 Å². The van der Waals surface area contributed by atoms with Crippen LogP contribution in [0.2, 0.25) is 0 Å². The van der Waals surface area contributed by atoms with E-state index >= 15 is 0 Å². The molecule has 14 nitrogen and oxygen atoms in total. The first kappa shape index (κ1) is 77.3.